The molecule has 2 nitrogen and oxygen atoms in total. The normalized spacial score (nSPS) is 9.89. The number of nitrogens with zero attached hydrogens (tertiary/aromatic N) is 1. The molecule has 90 valence electrons. The summed E-state index contributed by atoms with van der Waals surface area (Å²) in [7, 11) is 0. The Morgan fingerprint density at radius 3 is 2.72 bits per heavy atom. The van der Waals surface area contributed by atoms with Crippen LogP contribution in [0, 0.1) is 24.1 Å². The van der Waals surface area contributed by atoms with E-state index in [1.165, 1.54) is 6.07 Å². The zero-order valence-corrected chi connectivity index (χ0v) is 10.4. The third-order valence-electron chi connectivity index (χ3n) is 2.56. The molecule has 2 aromatic carbocycles. The molecule has 0 saturated heterocycles. The standard InChI is InChI=1S/C14H10ClFN2/c1-9-7-10(5-6-13(9)16)18-14-4-2-3-12(15)11(14)8-17/h2-7,18H,1H3. The molecule has 0 aliphatic rings. The minimum atomic E-state index is -0.257. The average Bonchev–Trinajstić information content (AvgIpc) is 2.34. The van der Waals surface area contributed by atoms with E-state index in [4.69, 9.17) is 16.9 Å². The summed E-state index contributed by atoms with van der Waals surface area (Å²) in [6, 6.07) is 11.9. The molecule has 0 spiro atoms. The number of benzene rings is 2. The topological polar surface area (TPSA) is 35.8 Å². The van der Waals surface area contributed by atoms with Crippen molar-refractivity contribution in [2.45, 2.75) is 6.92 Å². The Morgan fingerprint density at radius 2 is 2.06 bits per heavy atom. The Balaban J connectivity index is 2.37. The number of hydrogen-bond donors (Lipinski definition) is 1. The van der Waals surface area contributed by atoms with Crippen molar-refractivity contribution < 1.29 is 4.39 Å². The number of nitriles is 1. The van der Waals surface area contributed by atoms with Crippen LogP contribution in [0.25, 0.3) is 0 Å². The predicted molar refractivity (Wildman–Crippen MR) is 70.6 cm³/mol. The first-order chi connectivity index (χ1) is 8.61. The molecule has 2 aromatic rings. The van der Waals surface area contributed by atoms with Crippen LogP contribution in [0.1, 0.15) is 11.1 Å². The lowest BCUT2D eigenvalue weighted by atomic mass is 10.1. The maximum absolute atomic E-state index is 13.1. The van der Waals surface area contributed by atoms with E-state index in [0.717, 1.165) is 0 Å². The largest absolute Gasteiger partial charge is 0.354 e. The molecule has 0 heterocycles. The number of halogens is 2. The van der Waals surface area contributed by atoms with Gasteiger partial charge in [0.15, 0.2) is 0 Å². The molecular weight excluding hydrogens is 251 g/mol. The Kier molecular flexibility index (Phi) is 3.50. The molecule has 0 atom stereocenters. The van der Waals surface area contributed by atoms with Gasteiger partial charge in [0, 0.05) is 5.69 Å². The van der Waals surface area contributed by atoms with E-state index in [1.807, 2.05) is 6.07 Å². The van der Waals surface area contributed by atoms with Gasteiger partial charge in [-0.15, -0.1) is 0 Å². The van der Waals surface area contributed by atoms with Crippen LogP contribution in [-0.4, -0.2) is 0 Å². The van der Waals surface area contributed by atoms with Gasteiger partial charge in [-0.1, -0.05) is 17.7 Å². The fraction of sp³-hybridized carbons (Fsp3) is 0.0714. The van der Waals surface area contributed by atoms with Crippen LogP contribution < -0.4 is 5.32 Å². The number of hydrogen-bond acceptors (Lipinski definition) is 2. The van der Waals surface area contributed by atoms with Gasteiger partial charge in [0.1, 0.15) is 11.9 Å². The summed E-state index contributed by atoms with van der Waals surface area (Å²) in [5.74, 6) is -0.257. The van der Waals surface area contributed by atoms with Gasteiger partial charge in [-0.05, 0) is 42.8 Å². The molecule has 18 heavy (non-hydrogen) atoms. The molecule has 0 aromatic heterocycles. The molecule has 0 unspecified atom stereocenters. The van der Waals surface area contributed by atoms with Gasteiger partial charge in [-0.2, -0.15) is 5.26 Å². The summed E-state index contributed by atoms with van der Waals surface area (Å²) in [6.07, 6.45) is 0. The second-order valence-electron chi connectivity index (χ2n) is 3.86. The van der Waals surface area contributed by atoms with Crippen LogP contribution in [0.15, 0.2) is 36.4 Å². The maximum atomic E-state index is 13.1. The van der Waals surface area contributed by atoms with Gasteiger partial charge in [-0.25, -0.2) is 4.39 Å². The summed E-state index contributed by atoms with van der Waals surface area (Å²) < 4.78 is 13.1. The third-order valence-corrected chi connectivity index (χ3v) is 2.88. The van der Waals surface area contributed by atoms with Gasteiger partial charge in [-0.3, -0.25) is 0 Å². The average molecular weight is 261 g/mol. The smallest absolute Gasteiger partial charge is 0.126 e. The van der Waals surface area contributed by atoms with Crippen LogP contribution >= 0.6 is 11.6 Å². The fourth-order valence-corrected chi connectivity index (χ4v) is 1.84. The zero-order valence-electron chi connectivity index (χ0n) is 9.67. The van der Waals surface area contributed by atoms with Crippen molar-refractivity contribution in [1.82, 2.24) is 0 Å². The first-order valence-corrected chi connectivity index (χ1v) is 5.71. The van der Waals surface area contributed by atoms with E-state index in [0.29, 0.717) is 27.5 Å². The van der Waals surface area contributed by atoms with Crippen molar-refractivity contribution in [3.63, 3.8) is 0 Å². The SMILES string of the molecule is Cc1cc(Nc2cccc(Cl)c2C#N)ccc1F. The van der Waals surface area contributed by atoms with Gasteiger partial charge in [0.05, 0.1) is 16.3 Å². The lowest BCUT2D eigenvalue weighted by molar-refractivity contribution is 0.619. The zero-order chi connectivity index (χ0) is 13.1. The lowest BCUT2D eigenvalue weighted by Gasteiger charge is -2.10. The van der Waals surface area contributed by atoms with Crippen molar-refractivity contribution in [2.75, 3.05) is 5.32 Å². The van der Waals surface area contributed by atoms with Crippen LogP contribution in [0.3, 0.4) is 0 Å². The highest BCUT2D eigenvalue weighted by Gasteiger charge is 2.07. The van der Waals surface area contributed by atoms with Crippen LogP contribution in [-0.2, 0) is 0 Å². The lowest BCUT2D eigenvalue weighted by Crippen LogP contribution is -1.95. The Morgan fingerprint density at radius 1 is 1.28 bits per heavy atom. The minimum absolute atomic E-state index is 0.257. The predicted octanol–water partition coefficient (Wildman–Crippen LogP) is 4.40. The fourth-order valence-electron chi connectivity index (χ4n) is 1.62. The van der Waals surface area contributed by atoms with Crippen molar-refractivity contribution >= 4 is 23.0 Å². The molecule has 0 radical (unpaired) electrons. The van der Waals surface area contributed by atoms with E-state index in [2.05, 4.69) is 5.32 Å². The molecular formula is C14H10ClFN2. The molecule has 1 N–H and O–H groups in total. The third kappa shape index (κ3) is 2.44. The monoisotopic (exact) mass is 260 g/mol. The molecule has 0 saturated carbocycles. The Labute approximate surface area is 110 Å². The molecule has 0 aliphatic carbocycles. The quantitative estimate of drug-likeness (QED) is 0.869. The number of nitrogens with one attached hydrogen (secondary N) is 1. The number of aryl methyl sites for hydroxylation is 1. The second-order valence-corrected chi connectivity index (χ2v) is 4.27. The van der Waals surface area contributed by atoms with Gasteiger partial charge in [0.25, 0.3) is 0 Å². The van der Waals surface area contributed by atoms with Gasteiger partial charge in [0.2, 0.25) is 0 Å². The maximum Gasteiger partial charge on any atom is 0.126 e. The van der Waals surface area contributed by atoms with E-state index in [9.17, 15) is 4.39 Å². The van der Waals surface area contributed by atoms with Crippen molar-refractivity contribution in [1.29, 1.82) is 5.26 Å². The van der Waals surface area contributed by atoms with Crippen molar-refractivity contribution in [3.8, 4) is 6.07 Å². The molecule has 0 aliphatic heterocycles. The number of anilines is 2. The summed E-state index contributed by atoms with van der Waals surface area (Å²) in [5, 5.41) is 12.5. The molecule has 0 amide bonds. The summed E-state index contributed by atoms with van der Waals surface area (Å²) >= 11 is 5.93. The summed E-state index contributed by atoms with van der Waals surface area (Å²) in [5.41, 5.74) is 2.24. The van der Waals surface area contributed by atoms with Crippen molar-refractivity contribution in [2.24, 2.45) is 0 Å². The first-order valence-electron chi connectivity index (χ1n) is 5.33. The van der Waals surface area contributed by atoms with Gasteiger partial charge >= 0.3 is 0 Å². The Hall–Kier alpha value is -2.05. The van der Waals surface area contributed by atoms with E-state index >= 15 is 0 Å². The molecule has 4 heteroatoms. The number of rotatable bonds is 2. The molecule has 2 rings (SSSR count). The van der Waals surface area contributed by atoms with Crippen LogP contribution in [0.5, 0.6) is 0 Å². The summed E-state index contributed by atoms with van der Waals surface area (Å²) in [4.78, 5) is 0. The van der Waals surface area contributed by atoms with Gasteiger partial charge < -0.3 is 5.32 Å². The highest BCUT2D eigenvalue weighted by molar-refractivity contribution is 6.32. The van der Waals surface area contributed by atoms with Crippen LogP contribution in [0.2, 0.25) is 5.02 Å². The highest BCUT2D eigenvalue weighted by Crippen LogP contribution is 2.27. The Bertz CT molecular complexity index is 632. The second kappa shape index (κ2) is 5.07. The molecule has 0 bridgehead atoms. The summed E-state index contributed by atoms with van der Waals surface area (Å²) in [6.45, 7) is 1.68. The van der Waals surface area contributed by atoms with Crippen molar-refractivity contribution in [3.05, 3.63) is 58.4 Å². The van der Waals surface area contributed by atoms with E-state index < -0.39 is 0 Å². The molecule has 0 fully saturated rings. The minimum Gasteiger partial charge on any atom is -0.354 e. The highest BCUT2D eigenvalue weighted by atomic mass is 35.5. The van der Waals surface area contributed by atoms with Crippen LogP contribution in [0.4, 0.5) is 15.8 Å². The van der Waals surface area contributed by atoms with E-state index in [1.54, 1.807) is 37.3 Å². The van der Waals surface area contributed by atoms with E-state index in [-0.39, 0.29) is 5.82 Å². The first kappa shape index (κ1) is 12.4.